The van der Waals surface area contributed by atoms with E-state index in [0.717, 1.165) is 6.07 Å². The average Bonchev–Trinajstić information content (AvgIpc) is 2.19. The van der Waals surface area contributed by atoms with Crippen molar-refractivity contribution in [3.05, 3.63) is 32.5 Å². The average molecular weight is 248 g/mol. The highest BCUT2D eigenvalue weighted by molar-refractivity contribution is 6.33. The van der Waals surface area contributed by atoms with E-state index in [1.807, 2.05) is 0 Å². The zero-order valence-electron chi connectivity index (χ0n) is 7.65. The number of alkyl halides is 2. The van der Waals surface area contributed by atoms with Crippen LogP contribution < -0.4 is 0 Å². The lowest BCUT2D eigenvalue weighted by atomic mass is 10.2. The second-order valence-electron chi connectivity index (χ2n) is 2.73. The van der Waals surface area contributed by atoms with Crippen LogP contribution in [0.5, 0.6) is 0 Å². The molecule has 0 fully saturated rings. The van der Waals surface area contributed by atoms with Gasteiger partial charge in [0.15, 0.2) is 5.69 Å². The summed E-state index contributed by atoms with van der Waals surface area (Å²) in [4.78, 5) is 12.9. The van der Waals surface area contributed by atoms with Crippen LogP contribution in [0, 0.1) is 21.4 Å². The molecule has 0 atom stereocenters. The second kappa shape index (κ2) is 4.81. The minimum absolute atomic E-state index is 0.103. The molecule has 0 saturated carbocycles. The molecule has 0 spiro atoms. The van der Waals surface area contributed by atoms with E-state index in [4.69, 9.17) is 16.9 Å². The Labute approximate surface area is 93.4 Å². The maximum Gasteiger partial charge on any atom is 0.383 e. The van der Waals surface area contributed by atoms with Crippen molar-refractivity contribution in [2.24, 2.45) is 0 Å². The van der Waals surface area contributed by atoms with E-state index >= 15 is 0 Å². The summed E-state index contributed by atoms with van der Waals surface area (Å²) in [7, 11) is 0. The van der Waals surface area contributed by atoms with Gasteiger partial charge in [-0.3, -0.25) is 0 Å². The van der Waals surface area contributed by atoms with Gasteiger partial charge in [0.25, 0.3) is 6.43 Å². The summed E-state index contributed by atoms with van der Waals surface area (Å²) >= 11 is 5.40. The molecule has 0 aliphatic carbocycles. The highest BCUT2D eigenvalue weighted by atomic mass is 35.5. The summed E-state index contributed by atoms with van der Waals surface area (Å²) in [5, 5.41) is 18.2. The van der Waals surface area contributed by atoms with Crippen LogP contribution >= 0.6 is 11.6 Å². The molecule has 16 heavy (non-hydrogen) atoms. The molecule has 0 amide bonds. The van der Waals surface area contributed by atoms with Crippen LogP contribution in [-0.2, 0) is 6.42 Å². The summed E-state index contributed by atoms with van der Waals surface area (Å²) in [5.74, 6) is -0.857. The van der Waals surface area contributed by atoms with Gasteiger partial charge in [-0.1, -0.05) is 11.6 Å². The molecule has 0 aliphatic heterocycles. The molecular formula is C8H4ClF2N3O2. The third-order valence-corrected chi connectivity index (χ3v) is 2.08. The predicted molar refractivity (Wildman–Crippen MR) is 50.2 cm³/mol. The minimum atomic E-state index is -2.95. The van der Waals surface area contributed by atoms with Crippen molar-refractivity contribution < 1.29 is 13.7 Å². The van der Waals surface area contributed by atoms with Gasteiger partial charge in [0.05, 0.1) is 6.07 Å². The van der Waals surface area contributed by atoms with Crippen LogP contribution in [0.25, 0.3) is 0 Å². The first-order valence-corrected chi connectivity index (χ1v) is 4.34. The lowest BCUT2D eigenvalue weighted by Crippen LogP contribution is -2.01. The first-order valence-electron chi connectivity index (χ1n) is 3.96. The van der Waals surface area contributed by atoms with Crippen LogP contribution in [0.15, 0.2) is 6.07 Å². The van der Waals surface area contributed by atoms with Gasteiger partial charge < -0.3 is 10.1 Å². The predicted octanol–water partition coefficient (Wildman–Crippen LogP) is 2.65. The van der Waals surface area contributed by atoms with Crippen molar-refractivity contribution in [3.8, 4) is 6.07 Å². The summed E-state index contributed by atoms with van der Waals surface area (Å²) in [6.45, 7) is 0. The van der Waals surface area contributed by atoms with Crippen LogP contribution in [0.3, 0.4) is 0 Å². The van der Waals surface area contributed by atoms with Gasteiger partial charge in [-0.2, -0.15) is 5.26 Å². The number of nitrogens with zero attached hydrogens (tertiary/aromatic N) is 3. The first kappa shape index (κ1) is 12.3. The fraction of sp³-hybridized carbons (Fsp3) is 0.250. The molecule has 0 bridgehead atoms. The first-order chi connectivity index (χ1) is 7.47. The summed E-state index contributed by atoms with van der Waals surface area (Å²) < 4.78 is 24.9. The van der Waals surface area contributed by atoms with Gasteiger partial charge in [-0.15, -0.1) is 0 Å². The maximum atomic E-state index is 12.5. The third-order valence-electron chi connectivity index (χ3n) is 1.69. The Morgan fingerprint density at radius 1 is 1.69 bits per heavy atom. The Morgan fingerprint density at radius 3 is 2.75 bits per heavy atom. The zero-order chi connectivity index (χ0) is 12.3. The molecule has 84 valence electrons. The van der Waals surface area contributed by atoms with Crippen molar-refractivity contribution in [2.75, 3.05) is 0 Å². The molecule has 1 aromatic rings. The van der Waals surface area contributed by atoms with Gasteiger partial charge in [-0.05, 0) is 16.0 Å². The molecule has 8 heteroatoms. The minimum Gasteiger partial charge on any atom is -0.358 e. The molecule has 0 aromatic carbocycles. The molecule has 0 N–H and O–H groups in total. The van der Waals surface area contributed by atoms with Crippen LogP contribution in [0.1, 0.15) is 17.7 Å². The third kappa shape index (κ3) is 2.41. The molecule has 1 aromatic heterocycles. The van der Waals surface area contributed by atoms with Gasteiger partial charge >= 0.3 is 5.82 Å². The van der Waals surface area contributed by atoms with Crippen molar-refractivity contribution in [1.29, 1.82) is 5.26 Å². The number of pyridine rings is 1. The number of halogens is 3. The lowest BCUT2D eigenvalue weighted by Gasteiger charge is -2.03. The van der Waals surface area contributed by atoms with Gasteiger partial charge in [0.2, 0.25) is 0 Å². The standard InChI is InChI=1S/C8H4ClF2N3O2/c9-6-5(7(10)11)3-4(1-2-12)13-8(6)14(15)16/h3,7H,1H2. The smallest absolute Gasteiger partial charge is 0.358 e. The van der Waals surface area contributed by atoms with Crippen LogP contribution in [-0.4, -0.2) is 9.91 Å². The Bertz CT molecular complexity index is 473. The summed E-state index contributed by atoms with van der Waals surface area (Å²) in [6, 6.07) is 2.55. The van der Waals surface area contributed by atoms with E-state index in [-0.39, 0.29) is 12.1 Å². The van der Waals surface area contributed by atoms with Crippen molar-refractivity contribution >= 4 is 17.4 Å². The normalized spacial score (nSPS) is 10.2. The van der Waals surface area contributed by atoms with Crippen LogP contribution in [0.2, 0.25) is 5.02 Å². The van der Waals surface area contributed by atoms with Gasteiger partial charge in [0.1, 0.15) is 11.4 Å². The van der Waals surface area contributed by atoms with Crippen molar-refractivity contribution in [3.63, 3.8) is 0 Å². The van der Waals surface area contributed by atoms with E-state index in [1.165, 1.54) is 0 Å². The Kier molecular flexibility index (Phi) is 3.68. The molecule has 0 radical (unpaired) electrons. The highest BCUT2D eigenvalue weighted by Gasteiger charge is 2.25. The van der Waals surface area contributed by atoms with Gasteiger partial charge in [-0.25, -0.2) is 8.78 Å². The SMILES string of the molecule is N#CCc1cc(C(F)F)c(Cl)c([N+](=O)[O-])n1. The molecule has 0 unspecified atom stereocenters. The maximum absolute atomic E-state index is 12.5. The molecule has 5 nitrogen and oxygen atoms in total. The number of aromatic nitrogens is 1. The van der Waals surface area contributed by atoms with Crippen LogP contribution in [0.4, 0.5) is 14.6 Å². The van der Waals surface area contributed by atoms with E-state index in [1.54, 1.807) is 6.07 Å². The fourth-order valence-corrected chi connectivity index (χ4v) is 1.29. The van der Waals surface area contributed by atoms with Crippen molar-refractivity contribution in [1.82, 2.24) is 4.98 Å². The number of rotatable bonds is 3. The summed E-state index contributed by atoms with van der Waals surface area (Å²) in [6.07, 6.45) is -3.25. The largest absolute Gasteiger partial charge is 0.383 e. The van der Waals surface area contributed by atoms with Crippen molar-refractivity contribution in [2.45, 2.75) is 12.8 Å². The Hall–Kier alpha value is -1.81. The second-order valence-corrected chi connectivity index (χ2v) is 3.11. The zero-order valence-corrected chi connectivity index (χ0v) is 8.41. The van der Waals surface area contributed by atoms with E-state index in [2.05, 4.69) is 4.98 Å². The number of nitriles is 1. The Morgan fingerprint density at radius 2 is 2.31 bits per heavy atom. The molecule has 0 saturated heterocycles. The highest BCUT2D eigenvalue weighted by Crippen LogP contribution is 2.33. The monoisotopic (exact) mass is 247 g/mol. The van der Waals surface area contributed by atoms with Gasteiger partial charge in [0, 0.05) is 5.56 Å². The molecule has 1 heterocycles. The summed E-state index contributed by atoms with van der Waals surface area (Å²) in [5.41, 5.74) is -0.789. The topological polar surface area (TPSA) is 79.8 Å². The number of hydrogen-bond donors (Lipinski definition) is 0. The molecular weight excluding hydrogens is 244 g/mol. The van der Waals surface area contributed by atoms with E-state index in [9.17, 15) is 18.9 Å². The lowest BCUT2D eigenvalue weighted by molar-refractivity contribution is -0.389. The van der Waals surface area contributed by atoms with E-state index < -0.39 is 27.8 Å². The quantitative estimate of drug-likeness (QED) is 0.607. The number of nitro groups is 1. The molecule has 1 rings (SSSR count). The Balaban J connectivity index is 3.40. The fourth-order valence-electron chi connectivity index (χ4n) is 1.04. The van der Waals surface area contributed by atoms with E-state index in [0.29, 0.717) is 0 Å². The number of hydrogen-bond acceptors (Lipinski definition) is 4. The molecule has 0 aliphatic rings.